The highest BCUT2D eigenvalue weighted by molar-refractivity contribution is 5.90. The number of hydrogen-bond acceptors (Lipinski definition) is 11. The molecule has 7 rings (SSSR count). The summed E-state index contributed by atoms with van der Waals surface area (Å²) < 4.78 is 29.2. The Morgan fingerprint density at radius 1 is 1.02 bits per heavy atom. The van der Waals surface area contributed by atoms with E-state index in [2.05, 4.69) is 0 Å². The molecule has 0 bridgehead atoms. The van der Waals surface area contributed by atoms with Crippen molar-refractivity contribution in [2.45, 2.75) is 120 Å². The van der Waals surface area contributed by atoms with Gasteiger partial charge in [0.05, 0.1) is 29.5 Å². The van der Waals surface area contributed by atoms with Crippen molar-refractivity contribution < 1.29 is 53.7 Å². The number of carbonyl (C=O) groups is 2. The van der Waals surface area contributed by atoms with Gasteiger partial charge in [0.1, 0.15) is 18.8 Å². The molecule has 7 aliphatic rings. The average Bonchev–Trinajstić information content (AvgIpc) is 3.46. The number of methoxy groups -OCH3 is 1. The van der Waals surface area contributed by atoms with E-state index >= 15 is 0 Å². The van der Waals surface area contributed by atoms with Crippen molar-refractivity contribution in [3.05, 3.63) is 11.6 Å². The first-order valence-corrected chi connectivity index (χ1v) is 15.0. The van der Waals surface area contributed by atoms with Gasteiger partial charge >= 0.3 is 5.97 Å². The van der Waals surface area contributed by atoms with Crippen molar-refractivity contribution in [1.82, 2.24) is 0 Å². The summed E-state index contributed by atoms with van der Waals surface area (Å²) in [4.78, 5) is 26.2. The Morgan fingerprint density at radius 2 is 1.78 bits per heavy atom. The van der Waals surface area contributed by atoms with Crippen molar-refractivity contribution in [2.24, 2.45) is 28.6 Å². The zero-order chi connectivity index (χ0) is 29.3. The highest BCUT2D eigenvalue weighted by Gasteiger charge is 2.77. The third kappa shape index (κ3) is 3.43. The van der Waals surface area contributed by atoms with Gasteiger partial charge in [-0.1, -0.05) is 13.8 Å². The van der Waals surface area contributed by atoms with Crippen LogP contribution in [0.3, 0.4) is 0 Å². The standard InChI is InChI=1S/C30H42O11/c1-14-9-20(37-4)30(36)25(39-14)40-18-12-28(34)7-5-17-22(26(28,2)11-19(18)41-30)23(32)24(33)27(3)16(6-8-29(17,27)35)15-10-21(31)38-13-15/h10,14,16-20,22,24-25,33-36H,5-9,11-13H2,1-4H3/t14-,16-,17-,18-,19-,20-,22-,24+,25+,26-,27+,28+,29+,30+/m1/s1. The third-order valence-electron chi connectivity index (χ3n) is 12.6. The summed E-state index contributed by atoms with van der Waals surface area (Å²) in [6.07, 6.45) is -1.00. The van der Waals surface area contributed by atoms with Crippen LogP contribution in [0.1, 0.15) is 65.7 Å². The van der Waals surface area contributed by atoms with E-state index in [9.17, 15) is 30.0 Å². The molecule has 4 saturated carbocycles. The van der Waals surface area contributed by atoms with Gasteiger partial charge in [0.15, 0.2) is 5.78 Å². The lowest BCUT2D eigenvalue weighted by molar-refractivity contribution is -0.463. The van der Waals surface area contributed by atoms with Gasteiger partial charge in [-0.15, -0.1) is 0 Å². The molecule has 14 atom stereocenters. The Balaban J connectivity index is 1.24. The molecule has 0 spiro atoms. The fraction of sp³-hybridized carbons (Fsp3) is 0.867. The Bertz CT molecular complexity index is 1190. The van der Waals surface area contributed by atoms with Crippen LogP contribution in [-0.2, 0) is 33.3 Å². The molecule has 4 N–H and O–H groups in total. The number of ketones is 1. The highest BCUT2D eigenvalue weighted by Crippen LogP contribution is 2.70. The molecule has 4 aliphatic carbocycles. The molecule has 228 valence electrons. The maximum absolute atomic E-state index is 14.3. The highest BCUT2D eigenvalue weighted by atomic mass is 16.8. The fourth-order valence-corrected chi connectivity index (χ4v) is 10.3. The number of fused-ring (bicyclic) bond motifs is 7. The Labute approximate surface area is 239 Å². The van der Waals surface area contributed by atoms with Crippen LogP contribution in [0.2, 0.25) is 0 Å². The second-order valence-corrected chi connectivity index (χ2v) is 14.2. The molecular formula is C30H42O11. The van der Waals surface area contributed by atoms with E-state index < -0.39 is 82.1 Å². The Hall–Kier alpha value is -1.44. The quantitative estimate of drug-likeness (QED) is 0.270. The lowest BCUT2D eigenvalue weighted by Gasteiger charge is -2.67. The van der Waals surface area contributed by atoms with Gasteiger partial charge < -0.3 is 44.1 Å². The first-order valence-electron chi connectivity index (χ1n) is 15.0. The van der Waals surface area contributed by atoms with E-state index in [0.717, 1.165) is 0 Å². The lowest BCUT2D eigenvalue weighted by Crippen LogP contribution is -2.76. The summed E-state index contributed by atoms with van der Waals surface area (Å²) >= 11 is 0. The van der Waals surface area contributed by atoms with Gasteiger partial charge in [-0.2, -0.15) is 0 Å². The van der Waals surface area contributed by atoms with Gasteiger partial charge in [-0.05, 0) is 56.4 Å². The summed E-state index contributed by atoms with van der Waals surface area (Å²) in [5, 5.41) is 48.0. The van der Waals surface area contributed by atoms with E-state index in [0.29, 0.717) is 37.7 Å². The lowest BCUT2D eigenvalue weighted by atomic mass is 9.40. The fourth-order valence-electron chi connectivity index (χ4n) is 10.3. The molecule has 6 fully saturated rings. The van der Waals surface area contributed by atoms with Gasteiger partial charge in [0, 0.05) is 42.8 Å². The number of esters is 1. The molecule has 11 nitrogen and oxygen atoms in total. The number of rotatable bonds is 2. The van der Waals surface area contributed by atoms with E-state index in [-0.39, 0.29) is 31.5 Å². The zero-order valence-corrected chi connectivity index (χ0v) is 24.1. The van der Waals surface area contributed by atoms with Crippen LogP contribution in [0.5, 0.6) is 0 Å². The van der Waals surface area contributed by atoms with E-state index in [1.165, 1.54) is 13.2 Å². The number of cyclic esters (lactones) is 1. The summed E-state index contributed by atoms with van der Waals surface area (Å²) in [6, 6.07) is 0. The zero-order valence-electron chi connectivity index (χ0n) is 24.1. The number of aliphatic hydroxyl groups excluding tert-OH is 1. The molecule has 11 heteroatoms. The van der Waals surface area contributed by atoms with Crippen LogP contribution < -0.4 is 0 Å². The van der Waals surface area contributed by atoms with Gasteiger partial charge in [-0.3, -0.25) is 4.79 Å². The molecule has 0 aromatic heterocycles. The number of carbonyl (C=O) groups excluding carboxylic acids is 2. The third-order valence-corrected chi connectivity index (χ3v) is 12.6. The number of ether oxygens (including phenoxy) is 5. The Kier molecular flexibility index (Phi) is 6.09. The van der Waals surface area contributed by atoms with Crippen molar-refractivity contribution >= 4 is 11.8 Å². The molecule has 0 aromatic carbocycles. The number of aliphatic hydroxyl groups is 4. The summed E-state index contributed by atoms with van der Waals surface area (Å²) in [7, 11) is 1.50. The van der Waals surface area contributed by atoms with Gasteiger partial charge in [0.25, 0.3) is 0 Å². The maximum Gasteiger partial charge on any atom is 0.331 e. The predicted molar refractivity (Wildman–Crippen MR) is 139 cm³/mol. The van der Waals surface area contributed by atoms with Gasteiger partial charge in [-0.25, -0.2) is 4.79 Å². The largest absolute Gasteiger partial charge is 0.458 e. The smallest absolute Gasteiger partial charge is 0.331 e. The molecule has 2 saturated heterocycles. The number of Topliss-reactive ketones (excluding diaryl/α,β-unsaturated/α-hetero) is 1. The molecule has 3 heterocycles. The van der Waals surface area contributed by atoms with E-state index in [4.69, 9.17) is 23.7 Å². The summed E-state index contributed by atoms with van der Waals surface area (Å²) in [5.41, 5.74) is -4.31. The minimum absolute atomic E-state index is 0.0942. The van der Waals surface area contributed by atoms with E-state index in [1.807, 2.05) is 13.8 Å². The van der Waals surface area contributed by atoms with Crippen LogP contribution in [0, 0.1) is 28.6 Å². The molecule has 0 unspecified atom stereocenters. The normalized spacial score (nSPS) is 58.0. The minimum Gasteiger partial charge on any atom is -0.458 e. The molecule has 0 amide bonds. The molecule has 0 aromatic rings. The summed E-state index contributed by atoms with van der Waals surface area (Å²) in [5.74, 6) is -4.46. The second-order valence-electron chi connectivity index (χ2n) is 14.2. The summed E-state index contributed by atoms with van der Waals surface area (Å²) in [6.45, 7) is 5.57. The molecule has 0 radical (unpaired) electrons. The van der Waals surface area contributed by atoms with Crippen molar-refractivity contribution in [3.8, 4) is 0 Å². The average molecular weight is 579 g/mol. The van der Waals surface area contributed by atoms with Crippen LogP contribution in [0.25, 0.3) is 0 Å². The van der Waals surface area contributed by atoms with Crippen LogP contribution in [0.15, 0.2) is 11.6 Å². The minimum atomic E-state index is -1.86. The van der Waals surface area contributed by atoms with Gasteiger partial charge in [0.2, 0.25) is 12.1 Å². The SMILES string of the molecule is CO[C@@H]1C[C@@H](C)O[C@H]2O[C@@H]3C[C@@]4(O)CC[C@@H]5[C@H](C(=O)[C@H](O)[C@]6(C)[C@@H](C7=CC(=O)OC7)CC[C@]56O)[C@@]4(C)C[C@H]3O[C@]21O. The first-order chi connectivity index (χ1) is 19.2. The second kappa shape index (κ2) is 8.81. The van der Waals surface area contributed by atoms with Crippen LogP contribution in [-0.4, -0.2) is 99.7 Å². The van der Waals surface area contributed by atoms with Crippen LogP contribution >= 0.6 is 0 Å². The maximum atomic E-state index is 14.3. The molecule has 41 heavy (non-hydrogen) atoms. The van der Waals surface area contributed by atoms with Crippen molar-refractivity contribution in [2.75, 3.05) is 13.7 Å². The van der Waals surface area contributed by atoms with Crippen molar-refractivity contribution in [3.63, 3.8) is 0 Å². The van der Waals surface area contributed by atoms with Crippen LogP contribution in [0.4, 0.5) is 0 Å². The first kappa shape index (κ1) is 28.3. The van der Waals surface area contributed by atoms with E-state index in [1.54, 1.807) is 6.92 Å². The predicted octanol–water partition coefficient (Wildman–Crippen LogP) is 0.741. The topological polar surface area (TPSA) is 161 Å². The number of hydrogen-bond donors (Lipinski definition) is 4. The Morgan fingerprint density at radius 3 is 2.46 bits per heavy atom. The monoisotopic (exact) mass is 578 g/mol. The van der Waals surface area contributed by atoms with Crippen molar-refractivity contribution in [1.29, 1.82) is 0 Å². The molecular weight excluding hydrogens is 536 g/mol. The molecule has 3 aliphatic heterocycles.